The van der Waals surface area contributed by atoms with Crippen molar-refractivity contribution in [1.29, 1.82) is 0 Å². The van der Waals surface area contributed by atoms with Gasteiger partial charge in [-0.3, -0.25) is 4.79 Å². The number of phenolic OH excluding ortho intramolecular Hbond substituents is 2. The van der Waals surface area contributed by atoms with E-state index in [2.05, 4.69) is 11.4 Å². The molecule has 1 aliphatic rings. The smallest absolute Gasteiger partial charge is 0.255 e. The van der Waals surface area contributed by atoms with E-state index in [0.29, 0.717) is 0 Å². The first-order valence-electron chi connectivity index (χ1n) is 5.64. The molecule has 4 heteroatoms. The van der Waals surface area contributed by atoms with E-state index in [4.69, 9.17) is 0 Å². The molecule has 2 rings (SSSR count). The molecule has 4 nitrogen and oxygen atoms in total. The summed E-state index contributed by atoms with van der Waals surface area (Å²) in [5.41, 5.74) is 0.111. The Bertz CT molecular complexity index is 454. The number of amides is 1. The van der Waals surface area contributed by atoms with Gasteiger partial charge in [-0.05, 0) is 37.5 Å². The molecular weight excluding hydrogens is 218 g/mol. The third kappa shape index (κ3) is 2.78. The largest absolute Gasteiger partial charge is 0.508 e. The number of hydrogen-bond donors (Lipinski definition) is 3. The van der Waals surface area contributed by atoms with Crippen molar-refractivity contribution in [3.63, 3.8) is 0 Å². The maximum Gasteiger partial charge on any atom is 0.255 e. The summed E-state index contributed by atoms with van der Waals surface area (Å²) in [7, 11) is 0. The lowest BCUT2D eigenvalue weighted by atomic mass is 10.0. The molecule has 90 valence electrons. The van der Waals surface area contributed by atoms with Crippen LogP contribution in [0.1, 0.15) is 29.6 Å². The Morgan fingerprint density at radius 3 is 2.82 bits per heavy atom. The van der Waals surface area contributed by atoms with E-state index in [0.717, 1.165) is 19.3 Å². The van der Waals surface area contributed by atoms with Gasteiger partial charge in [-0.25, -0.2) is 0 Å². The highest BCUT2D eigenvalue weighted by atomic mass is 16.3. The Labute approximate surface area is 99.6 Å². The predicted octanol–water partition coefficient (Wildman–Crippen LogP) is 1.94. The molecule has 0 heterocycles. The van der Waals surface area contributed by atoms with E-state index in [1.807, 2.05) is 6.08 Å². The number of nitrogens with one attached hydrogen (secondary N) is 1. The minimum atomic E-state index is -0.348. The molecule has 3 N–H and O–H groups in total. The Morgan fingerprint density at radius 2 is 2.12 bits per heavy atom. The number of benzene rings is 1. The fourth-order valence-corrected chi connectivity index (χ4v) is 1.89. The van der Waals surface area contributed by atoms with Gasteiger partial charge in [0.2, 0.25) is 0 Å². The van der Waals surface area contributed by atoms with E-state index in [1.54, 1.807) is 0 Å². The fraction of sp³-hybridized carbons (Fsp3) is 0.308. The van der Waals surface area contributed by atoms with E-state index in [-0.39, 0.29) is 29.0 Å². The first-order valence-corrected chi connectivity index (χ1v) is 5.64. The van der Waals surface area contributed by atoms with E-state index in [1.165, 1.54) is 18.2 Å². The molecular formula is C13H15NO3. The molecule has 0 aromatic heterocycles. The van der Waals surface area contributed by atoms with Gasteiger partial charge < -0.3 is 15.5 Å². The zero-order valence-corrected chi connectivity index (χ0v) is 9.39. The van der Waals surface area contributed by atoms with Crippen molar-refractivity contribution in [3.8, 4) is 11.5 Å². The number of aromatic hydroxyl groups is 2. The van der Waals surface area contributed by atoms with Crippen LogP contribution in [0.4, 0.5) is 0 Å². The SMILES string of the molecule is O=C(NC1CC=CCC1)c1cc(O)ccc1O. The highest BCUT2D eigenvalue weighted by Gasteiger charge is 2.17. The molecule has 0 aliphatic heterocycles. The molecule has 1 unspecified atom stereocenters. The molecule has 1 aliphatic carbocycles. The summed E-state index contributed by atoms with van der Waals surface area (Å²) >= 11 is 0. The van der Waals surface area contributed by atoms with Crippen LogP contribution in [0.2, 0.25) is 0 Å². The van der Waals surface area contributed by atoms with E-state index >= 15 is 0 Å². The summed E-state index contributed by atoms with van der Waals surface area (Å²) in [6.07, 6.45) is 6.80. The molecule has 0 radical (unpaired) electrons. The Hall–Kier alpha value is -1.97. The topological polar surface area (TPSA) is 69.6 Å². The van der Waals surface area contributed by atoms with Crippen molar-refractivity contribution in [2.24, 2.45) is 0 Å². The van der Waals surface area contributed by atoms with Crippen LogP contribution in [0.5, 0.6) is 11.5 Å². The average Bonchev–Trinajstić information content (AvgIpc) is 2.33. The van der Waals surface area contributed by atoms with Crippen LogP contribution in [0.15, 0.2) is 30.4 Å². The van der Waals surface area contributed by atoms with Gasteiger partial charge in [-0.2, -0.15) is 0 Å². The summed E-state index contributed by atoms with van der Waals surface area (Å²) in [6.45, 7) is 0. The number of carbonyl (C=O) groups excluding carboxylic acids is 1. The monoisotopic (exact) mass is 233 g/mol. The van der Waals surface area contributed by atoms with Gasteiger partial charge in [0.15, 0.2) is 0 Å². The van der Waals surface area contributed by atoms with Gasteiger partial charge in [-0.15, -0.1) is 0 Å². The summed E-state index contributed by atoms with van der Waals surface area (Å²) in [4.78, 5) is 11.9. The molecule has 0 saturated heterocycles. The molecule has 0 bridgehead atoms. The first-order chi connectivity index (χ1) is 8.16. The van der Waals surface area contributed by atoms with Gasteiger partial charge in [0.05, 0.1) is 5.56 Å². The van der Waals surface area contributed by atoms with Crippen molar-refractivity contribution < 1.29 is 15.0 Å². The van der Waals surface area contributed by atoms with Crippen molar-refractivity contribution in [2.45, 2.75) is 25.3 Å². The number of rotatable bonds is 2. The third-order valence-corrected chi connectivity index (χ3v) is 2.83. The zero-order valence-electron chi connectivity index (χ0n) is 9.39. The van der Waals surface area contributed by atoms with Gasteiger partial charge in [-0.1, -0.05) is 12.2 Å². The highest BCUT2D eigenvalue weighted by molar-refractivity contribution is 5.97. The van der Waals surface area contributed by atoms with Crippen LogP contribution in [-0.2, 0) is 0 Å². The summed E-state index contributed by atoms with van der Waals surface area (Å²) in [5, 5.41) is 21.7. The van der Waals surface area contributed by atoms with Crippen molar-refractivity contribution in [2.75, 3.05) is 0 Å². The molecule has 1 aromatic rings. The normalized spacial score (nSPS) is 18.9. The third-order valence-electron chi connectivity index (χ3n) is 2.83. The second-order valence-corrected chi connectivity index (χ2v) is 4.16. The Morgan fingerprint density at radius 1 is 1.29 bits per heavy atom. The minimum Gasteiger partial charge on any atom is -0.508 e. The van der Waals surface area contributed by atoms with Crippen LogP contribution in [0.3, 0.4) is 0 Å². The van der Waals surface area contributed by atoms with Crippen molar-refractivity contribution >= 4 is 5.91 Å². The Balaban J connectivity index is 2.08. The second kappa shape index (κ2) is 4.91. The number of carbonyl (C=O) groups is 1. The van der Waals surface area contributed by atoms with Crippen LogP contribution in [0, 0.1) is 0 Å². The predicted molar refractivity (Wildman–Crippen MR) is 64.0 cm³/mol. The second-order valence-electron chi connectivity index (χ2n) is 4.16. The lowest BCUT2D eigenvalue weighted by Crippen LogP contribution is -2.35. The molecule has 1 aromatic carbocycles. The summed E-state index contributed by atoms with van der Waals surface area (Å²) in [5.74, 6) is -0.498. The van der Waals surface area contributed by atoms with Crippen molar-refractivity contribution in [3.05, 3.63) is 35.9 Å². The van der Waals surface area contributed by atoms with Crippen molar-refractivity contribution in [1.82, 2.24) is 5.32 Å². The average molecular weight is 233 g/mol. The minimum absolute atomic E-state index is 0.0310. The summed E-state index contributed by atoms with van der Waals surface area (Å²) in [6, 6.07) is 4.03. The molecule has 0 spiro atoms. The molecule has 0 fully saturated rings. The maximum atomic E-state index is 11.9. The maximum absolute atomic E-state index is 11.9. The lowest BCUT2D eigenvalue weighted by Gasteiger charge is -2.19. The van der Waals surface area contributed by atoms with Crippen LogP contribution >= 0.6 is 0 Å². The van der Waals surface area contributed by atoms with Gasteiger partial charge >= 0.3 is 0 Å². The zero-order chi connectivity index (χ0) is 12.3. The number of phenols is 2. The summed E-state index contributed by atoms with van der Waals surface area (Å²) < 4.78 is 0. The first kappa shape index (κ1) is 11.5. The number of allylic oxidation sites excluding steroid dienone is 1. The molecule has 1 amide bonds. The quantitative estimate of drug-likeness (QED) is 0.540. The van der Waals surface area contributed by atoms with Gasteiger partial charge in [0.1, 0.15) is 11.5 Å². The van der Waals surface area contributed by atoms with E-state index < -0.39 is 0 Å². The van der Waals surface area contributed by atoms with Gasteiger partial charge in [0, 0.05) is 6.04 Å². The Kier molecular flexibility index (Phi) is 3.32. The highest BCUT2D eigenvalue weighted by Crippen LogP contribution is 2.22. The van der Waals surface area contributed by atoms with Crippen LogP contribution in [-0.4, -0.2) is 22.2 Å². The van der Waals surface area contributed by atoms with Crippen LogP contribution in [0.25, 0.3) is 0 Å². The van der Waals surface area contributed by atoms with Gasteiger partial charge in [0.25, 0.3) is 5.91 Å². The standard InChI is InChI=1S/C13H15NO3/c15-10-6-7-12(16)11(8-10)13(17)14-9-4-2-1-3-5-9/h1-2,6-9,15-16H,3-5H2,(H,14,17). The molecule has 17 heavy (non-hydrogen) atoms. The lowest BCUT2D eigenvalue weighted by molar-refractivity contribution is 0.0931. The van der Waals surface area contributed by atoms with E-state index in [9.17, 15) is 15.0 Å². The van der Waals surface area contributed by atoms with Crippen LogP contribution < -0.4 is 5.32 Å². The number of hydrogen-bond acceptors (Lipinski definition) is 3. The molecule has 0 saturated carbocycles. The fourth-order valence-electron chi connectivity index (χ4n) is 1.89. The molecule has 1 atom stereocenters.